The van der Waals surface area contributed by atoms with E-state index < -0.39 is 0 Å². The van der Waals surface area contributed by atoms with Crippen LogP contribution < -0.4 is 20.3 Å². The number of anilines is 1. The quantitative estimate of drug-likeness (QED) is 0.598. The van der Waals surface area contributed by atoms with Crippen LogP contribution in [0.25, 0.3) is 0 Å². The van der Waals surface area contributed by atoms with Gasteiger partial charge in [-0.25, -0.2) is 4.98 Å². The Hall–Kier alpha value is -2.76. The van der Waals surface area contributed by atoms with E-state index >= 15 is 0 Å². The second-order valence-electron chi connectivity index (χ2n) is 5.70. The second kappa shape index (κ2) is 9.52. The van der Waals surface area contributed by atoms with E-state index in [9.17, 15) is 0 Å². The van der Waals surface area contributed by atoms with E-state index in [1.807, 2.05) is 68.4 Å². The molecule has 6 nitrogen and oxygen atoms in total. The van der Waals surface area contributed by atoms with E-state index in [1.165, 1.54) is 0 Å². The smallest absolute Gasteiger partial charge is 0.191 e. The number of aromatic nitrogens is 1. The van der Waals surface area contributed by atoms with E-state index in [4.69, 9.17) is 4.74 Å². The lowest BCUT2D eigenvalue weighted by Gasteiger charge is -2.15. The van der Waals surface area contributed by atoms with Crippen molar-refractivity contribution >= 4 is 11.8 Å². The van der Waals surface area contributed by atoms with Gasteiger partial charge in [0.15, 0.2) is 5.96 Å². The van der Waals surface area contributed by atoms with Crippen LogP contribution in [0, 0.1) is 0 Å². The molecule has 1 aromatic heterocycles. The minimum Gasteiger partial charge on any atom is -0.494 e. The third-order valence-corrected chi connectivity index (χ3v) is 3.63. The maximum Gasteiger partial charge on any atom is 0.191 e. The minimum atomic E-state index is 0.606. The first kappa shape index (κ1) is 18.6. The summed E-state index contributed by atoms with van der Waals surface area (Å²) in [5.41, 5.74) is 2.06. The molecule has 0 aliphatic carbocycles. The normalized spacial score (nSPS) is 11.1. The maximum absolute atomic E-state index is 5.65. The number of nitrogens with one attached hydrogen (secondary N) is 2. The number of aliphatic imine (C=N–C) groups is 1. The zero-order valence-electron chi connectivity index (χ0n) is 15.4. The molecule has 0 saturated heterocycles. The molecule has 0 radical (unpaired) electrons. The zero-order valence-corrected chi connectivity index (χ0v) is 15.4. The summed E-state index contributed by atoms with van der Waals surface area (Å²) in [5.74, 6) is 2.56. The van der Waals surface area contributed by atoms with Crippen LogP contribution >= 0.6 is 0 Å². The lowest BCUT2D eigenvalue weighted by atomic mass is 10.2. The Morgan fingerprint density at radius 2 is 1.84 bits per heavy atom. The molecular formula is C19H27N5O. The van der Waals surface area contributed by atoms with E-state index in [-0.39, 0.29) is 0 Å². The number of pyridine rings is 1. The molecule has 0 spiro atoms. The van der Waals surface area contributed by atoms with Crippen molar-refractivity contribution in [2.45, 2.75) is 20.0 Å². The number of hydrogen-bond acceptors (Lipinski definition) is 4. The van der Waals surface area contributed by atoms with Gasteiger partial charge >= 0.3 is 0 Å². The van der Waals surface area contributed by atoms with E-state index in [0.717, 1.165) is 28.8 Å². The molecule has 0 aliphatic heterocycles. The number of para-hydroxylation sites is 1. The average Bonchev–Trinajstić information content (AvgIpc) is 2.63. The Labute approximate surface area is 149 Å². The summed E-state index contributed by atoms with van der Waals surface area (Å²) in [6.45, 7) is 3.88. The lowest BCUT2D eigenvalue weighted by molar-refractivity contribution is 0.336. The van der Waals surface area contributed by atoms with Crippen LogP contribution in [0.1, 0.15) is 18.2 Å². The topological polar surface area (TPSA) is 61.8 Å². The third-order valence-electron chi connectivity index (χ3n) is 3.63. The fraction of sp³-hybridized carbons (Fsp3) is 0.368. The van der Waals surface area contributed by atoms with E-state index in [0.29, 0.717) is 19.7 Å². The molecule has 0 bridgehead atoms. The predicted molar refractivity (Wildman–Crippen MR) is 103 cm³/mol. The molecule has 0 fully saturated rings. The van der Waals surface area contributed by atoms with Crippen LogP contribution in [0.3, 0.4) is 0 Å². The molecule has 2 N–H and O–H groups in total. The summed E-state index contributed by atoms with van der Waals surface area (Å²) in [6.07, 6.45) is 0. The highest BCUT2D eigenvalue weighted by Gasteiger charge is 2.05. The Morgan fingerprint density at radius 1 is 1.08 bits per heavy atom. The van der Waals surface area contributed by atoms with Crippen LogP contribution in [0.15, 0.2) is 47.5 Å². The molecule has 134 valence electrons. The van der Waals surface area contributed by atoms with Gasteiger partial charge in [-0.05, 0) is 25.1 Å². The average molecular weight is 341 g/mol. The molecule has 25 heavy (non-hydrogen) atoms. The molecule has 1 heterocycles. The second-order valence-corrected chi connectivity index (χ2v) is 5.70. The maximum atomic E-state index is 5.65. The summed E-state index contributed by atoms with van der Waals surface area (Å²) in [7, 11) is 5.72. The van der Waals surface area contributed by atoms with Crippen molar-refractivity contribution in [1.82, 2.24) is 15.6 Å². The zero-order chi connectivity index (χ0) is 18.1. The first-order chi connectivity index (χ1) is 12.1. The Bertz CT molecular complexity index is 700. The van der Waals surface area contributed by atoms with Crippen LogP contribution in [-0.4, -0.2) is 38.7 Å². The van der Waals surface area contributed by atoms with Crippen molar-refractivity contribution in [3.05, 3.63) is 53.7 Å². The fourth-order valence-electron chi connectivity index (χ4n) is 2.33. The Morgan fingerprint density at radius 3 is 2.56 bits per heavy atom. The highest BCUT2D eigenvalue weighted by Crippen LogP contribution is 2.17. The van der Waals surface area contributed by atoms with Crippen molar-refractivity contribution in [2.75, 3.05) is 32.6 Å². The van der Waals surface area contributed by atoms with Crippen molar-refractivity contribution in [1.29, 1.82) is 0 Å². The standard InChI is InChI=1S/C19H27N5O/c1-5-25-17-11-7-6-9-15(17)13-21-19(20-2)22-14-16-10-8-12-18(23-16)24(3)4/h6-12H,5,13-14H2,1-4H3,(H2,20,21,22). The van der Waals surface area contributed by atoms with Crippen LogP contribution in [0.2, 0.25) is 0 Å². The summed E-state index contributed by atoms with van der Waals surface area (Å²) in [4.78, 5) is 10.9. The molecule has 0 saturated carbocycles. The van der Waals surface area contributed by atoms with Crippen molar-refractivity contribution < 1.29 is 4.74 Å². The van der Waals surface area contributed by atoms with E-state index in [2.05, 4.69) is 20.6 Å². The predicted octanol–water partition coefficient (Wildman–Crippen LogP) is 2.41. The van der Waals surface area contributed by atoms with E-state index in [1.54, 1.807) is 7.05 Å². The molecule has 2 rings (SSSR count). The van der Waals surface area contributed by atoms with Gasteiger partial charge < -0.3 is 20.3 Å². The number of benzene rings is 1. The summed E-state index contributed by atoms with van der Waals surface area (Å²) < 4.78 is 5.65. The molecule has 0 unspecified atom stereocenters. The Balaban J connectivity index is 1.92. The molecule has 0 aliphatic rings. The number of hydrogen-bond donors (Lipinski definition) is 2. The van der Waals surface area contributed by atoms with Gasteiger partial charge in [-0.3, -0.25) is 4.99 Å². The SMILES string of the molecule is CCOc1ccccc1CNC(=NC)NCc1cccc(N(C)C)n1. The number of guanidine groups is 1. The largest absolute Gasteiger partial charge is 0.494 e. The summed E-state index contributed by atoms with van der Waals surface area (Å²) in [5, 5.41) is 6.60. The number of rotatable bonds is 7. The first-order valence-corrected chi connectivity index (χ1v) is 8.42. The van der Waals surface area contributed by atoms with Gasteiger partial charge in [0.1, 0.15) is 11.6 Å². The van der Waals surface area contributed by atoms with Crippen LogP contribution in [-0.2, 0) is 13.1 Å². The van der Waals surface area contributed by atoms with Crippen molar-refractivity contribution in [2.24, 2.45) is 4.99 Å². The fourth-order valence-corrected chi connectivity index (χ4v) is 2.33. The monoisotopic (exact) mass is 341 g/mol. The molecular weight excluding hydrogens is 314 g/mol. The van der Waals surface area contributed by atoms with Gasteiger partial charge in [0, 0.05) is 33.3 Å². The minimum absolute atomic E-state index is 0.606. The molecule has 6 heteroatoms. The van der Waals surface area contributed by atoms with Crippen molar-refractivity contribution in [3.8, 4) is 5.75 Å². The van der Waals surface area contributed by atoms with Gasteiger partial charge in [-0.15, -0.1) is 0 Å². The first-order valence-electron chi connectivity index (χ1n) is 8.42. The molecule has 0 amide bonds. The van der Waals surface area contributed by atoms with Gasteiger partial charge in [0.25, 0.3) is 0 Å². The van der Waals surface area contributed by atoms with Crippen LogP contribution in [0.4, 0.5) is 5.82 Å². The number of nitrogens with zero attached hydrogens (tertiary/aromatic N) is 3. The third kappa shape index (κ3) is 5.67. The highest BCUT2D eigenvalue weighted by atomic mass is 16.5. The van der Waals surface area contributed by atoms with Crippen LogP contribution in [0.5, 0.6) is 5.75 Å². The van der Waals surface area contributed by atoms with Gasteiger partial charge in [0.05, 0.1) is 18.8 Å². The van der Waals surface area contributed by atoms with Crippen molar-refractivity contribution in [3.63, 3.8) is 0 Å². The highest BCUT2D eigenvalue weighted by molar-refractivity contribution is 5.79. The summed E-state index contributed by atoms with van der Waals surface area (Å²) in [6, 6.07) is 14.0. The number of ether oxygens (including phenoxy) is 1. The van der Waals surface area contributed by atoms with Gasteiger partial charge in [-0.1, -0.05) is 24.3 Å². The molecule has 0 atom stereocenters. The summed E-state index contributed by atoms with van der Waals surface area (Å²) >= 11 is 0. The van der Waals surface area contributed by atoms with Gasteiger partial charge in [-0.2, -0.15) is 0 Å². The molecule has 2 aromatic rings. The molecule has 1 aromatic carbocycles. The van der Waals surface area contributed by atoms with Gasteiger partial charge in [0.2, 0.25) is 0 Å². The lowest BCUT2D eigenvalue weighted by Crippen LogP contribution is -2.36. The Kier molecular flexibility index (Phi) is 7.07.